The molecule has 3 heterocycles. The van der Waals surface area contributed by atoms with E-state index in [9.17, 15) is 15.3 Å². The zero-order valence-corrected chi connectivity index (χ0v) is 16.5. The predicted octanol–water partition coefficient (Wildman–Crippen LogP) is 2.45. The maximum Gasteiger partial charge on any atom is 0.164 e. The number of hydrogen-bond acceptors (Lipinski definition) is 7. The van der Waals surface area contributed by atoms with E-state index in [2.05, 4.69) is 15.3 Å². The van der Waals surface area contributed by atoms with Gasteiger partial charge in [-0.25, -0.2) is 9.97 Å². The first kappa shape index (κ1) is 19.7. The van der Waals surface area contributed by atoms with Gasteiger partial charge in [0.05, 0.1) is 12.0 Å². The van der Waals surface area contributed by atoms with Gasteiger partial charge < -0.3 is 29.9 Å². The number of fused-ring (bicyclic) bond motifs is 1. The lowest BCUT2D eigenvalue weighted by molar-refractivity contribution is -0.0508. The topological polar surface area (TPSA) is 113 Å². The molecule has 0 amide bonds. The van der Waals surface area contributed by atoms with E-state index < -0.39 is 31.1 Å². The lowest BCUT2D eigenvalue weighted by atomic mass is 10.1. The average Bonchev–Trinajstić information content (AvgIpc) is 3.33. The molecule has 1 unspecified atom stereocenters. The van der Waals surface area contributed by atoms with Crippen LogP contribution in [0, 0.1) is 0 Å². The quantitative estimate of drug-likeness (QED) is 0.394. The van der Waals surface area contributed by atoms with Crippen LogP contribution in [-0.4, -0.2) is 54.8 Å². The monoisotopic (exact) mass is 418 g/mol. The summed E-state index contributed by atoms with van der Waals surface area (Å²) in [6.07, 6.45) is -0.896. The van der Waals surface area contributed by atoms with Gasteiger partial charge in [0.2, 0.25) is 0 Å². The van der Waals surface area contributed by atoms with Crippen LogP contribution in [0.15, 0.2) is 73.2 Å². The molecule has 31 heavy (non-hydrogen) atoms. The van der Waals surface area contributed by atoms with E-state index in [0.717, 1.165) is 22.2 Å². The normalized spacial score (nSPS) is 23.3. The number of aliphatic hydroxyl groups is 3. The number of benzene rings is 2. The van der Waals surface area contributed by atoms with Crippen LogP contribution in [0.3, 0.4) is 0 Å². The number of para-hydroxylation sites is 1. The minimum Gasteiger partial charge on any atom is -0.394 e. The molecule has 1 saturated heterocycles. The molecular weight excluding hydrogens is 396 g/mol. The second-order valence-corrected chi connectivity index (χ2v) is 7.46. The van der Waals surface area contributed by atoms with Crippen LogP contribution in [0.2, 0.25) is 0 Å². The second-order valence-electron chi connectivity index (χ2n) is 7.46. The molecule has 158 valence electrons. The first-order chi connectivity index (χ1) is 15.2. The summed E-state index contributed by atoms with van der Waals surface area (Å²) in [5.41, 5.74) is 3.22. The van der Waals surface area contributed by atoms with Crippen molar-refractivity contribution in [2.75, 3.05) is 11.9 Å². The number of hydrogen-bond donors (Lipinski definition) is 4. The van der Waals surface area contributed by atoms with Gasteiger partial charge in [-0.3, -0.25) is 0 Å². The van der Waals surface area contributed by atoms with Crippen LogP contribution in [0.4, 0.5) is 11.5 Å². The van der Waals surface area contributed by atoms with Crippen molar-refractivity contribution in [1.82, 2.24) is 14.5 Å². The molecule has 1 fully saturated rings. The van der Waals surface area contributed by atoms with Crippen molar-refractivity contribution < 1.29 is 20.1 Å². The Kier molecular flexibility index (Phi) is 5.13. The van der Waals surface area contributed by atoms with Crippen LogP contribution < -0.4 is 5.32 Å². The highest BCUT2D eigenvalue weighted by Gasteiger charge is 2.44. The molecule has 1 aliphatic heterocycles. The third kappa shape index (κ3) is 3.45. The fraction of sp³-hybridized carbons (Fsp3) is 0.217. The van der Waals surface area contributed by atoms with Crippen LogP contribution >= 0.6 is 0 Å². The van der Waals surface area contributed by atoms with Crippen LogP contribution in [-0.2, 0) is 4.74 Å². The molecule has 2 aromatic carbocycles. The highest BCUT2D eigenvalue weighted by molar-refractivity contribution is 6.02. The SMILES string of the molecule is OC[C@@H]1OC(n2cc(-c3ccccc3)c3c(Nc4ccccc4)ncnc32)[C@H](O)[C@@H]1O. The van der Waals surface area contributed by atoms with E-state index in [1.165, 1.54) is 6.33 Å². The van der Waals surface area contributed by atoms with Crippen LogP contribution in [0.25, 0.3) is 22.2 Å². The van der Waals surface area contributed by atoms with Gasteiger partial charge in [0.15, 0.2) is 6.23 Å². The smallest absolute Gasteiger partial charge is 0.164 e. The van der Waals surface area contributed by atoms with Gasteiger partial charge in [-0.05, 0) is 17.7 Å². The third-order valence-electron chi connectivity index (χ3n) is 5.52. The summed E-state index contributed by atoms with van der Waals surface area (Å²) in [5, 5.41) is 34.4. The Hall–Kier alpha value is -3.30. The standard InChI is InChI=1S/C23H22N4O4/c28-12-17-19(29)20(30)23(31-17)27-11-16(14-7-3-1-4-8-14)18-21(24-13-25-22(18)27)26-15-9-5-2-6-10-15/h1-11,13,17,19-20,23,28-30H,12H2,(H,24,25,26)/t17-,19+,20+,23?/m0/s1. The number of nitrogens with zero attached hydrogens (tertiary/aromatic N) is 3. The van der Waals surface area contributed by atoms with E-state index in [1.54, 1.807) is 4.57 Å². The van der Waals surface area contributed by atoms with Gasteiger partial charge in [-0.2, -0.15) is 0 Å². The highest BCUT2D eigenvalue weighted by atomic mass is 16.6. The lowest BCUT2D eigenvalue weighted by Gasteiger charge is -2.17. The molecule has 1 aliphatic rings. The fourth-order valence-corrected chi connectivity index (χ4v) is 3.98. The summed E-state index contributed by atoms with van der Waals surface area (Å²) in [7, 11) is 0. The van der Waals surface area contributed by atoms with Gasteiger partial charge in [-0.15, -0.1) is 0 Å². The van der Waals surface area contributed by atoms with Crippen molar-refractivity contribution in [3.63, 3.8) is 0 Å². The van der Waals surface area contributed by atoms with Crippen molar-refractivity contribution in [1.29, 1.82) is 0 Å². The van der Waals surface area contributed by atoms with Gasteiger partial charge in [0.25, 0.3) is 0 Å². The van der Waals surface area contributed by atoms with E-state index in [4.69, 9.17) is 4.74 Å². The number of rotatable bonds is 5. The molecule has 0 spiro atoms. The van der Waals surface area contributed by atoms with Gasteiger partial charge in [0, 0.05) is 17.4 Å². The molecule has 0 radical (unpaired) electrons. The Morgan fingerprint density at radius 2 is 1.65 bits per heavy atom. The number of nitrogens with one attached hydrogen (secondary N) is 1. The highest BCUT2D eigenvalue weighted by Crippen LogP contribution is 2.39. The number of anilines is 2. The number of aliphatic hydroxyl groups excluding tert-OH is 3. The summed E-state index contributed by atoms with van der Waals surface area (Å²) in [4.78, 5) is 8.93. The zero-order chi connectivity index (χ0) is 21.4. The molecule has 2 aromatic heterocycles. The van der Waals surface area contributed by atoms with Crippen molar-refractivity contribution in [2.24, 2.45) is 0 Å². The summed E-state index contributed by atoms with van der Waals surface area (Å²) in [6, 6.07) is 19.5. The summed E-state index contributed by atoms with van der Waals surface area (Å²) < 4.78 is 7.46. The maximum atomic E-state index is 10.6. The predicted molar refractivity (Wildman–Crippen MR) is 116 cm³/mol. The fourth-order valence-electron chi connectivity index (χ4n) is 3.98. The van der Waals surface area contributed by atoms with Gasteiger partial charge >= 0.3 is 0 Å². The zero-order valence-electron chi connectivity index (χ0n) is 16.5. The van der Waals surface area contributed by atoms with Gasteiger partial charge in [0.1, 0.15) is 36.1 Å². The molecule has 8 heteroatoms. The molecule has 4 atom stereocenters. The number of aromatic nitrogens is 3. The molecule has 4 N–H and O–H groups in total. The van der Waals surface area contributed by atoms with Crippen molar-refractivity contribution in [3.8, 4) is 11.1 Å². The van der Waals surface area contributed by atoms with Crippen molar-refractivity contribution >= 4 is 22.5 Å². The lowest BCUT2D eigenvalue weighted by Crippen LogP contribution is -2.33. The summed E-state index contributed by atoms with van der Waals surface area (Å²) in [6.45, 7) is -0.394. The Morgan fingerprint density at radius 1 is 0.935 bits per heavy atom. The van der Waals surface area contributed by atoms with E-state index >= 15 is 0 Å². The second kappa shape index (κ2) is 8.09. The number of ether oxygens (including phenoxy) is 1. The van der Waals surface area contributed by atoms with Crippen molar-refractivity contribution in [3.05, 3.63) is 73.2 Å². The summed E-state index contributed by atoms with van der Waals surface area (Å²) >= 11 is 0. The average molecular weight is 418 g/mol. The Morgan fingerprint density at radius 3 is 2.32 bits per heavy atom. The summed E-state index contributed by atoms with van der Waals surface area (Å²) in [5.74, 6) is 0.612. The van der Waals surface area contributed by atoms with Crippen molar-refractivity contribution in [2.45, 2.75) is 24.5 Å². The largest absolute Gasteiger partial charge is 0.394 e. The van der Waals surface area contributed by atoms with E-state index in [1.807, 2.05) is 66.9 Å². The van der Waals surface area contributed by atoms with Crippen LogP contribution in [0.5, 0.6) is 0 Å². The Bertz CT molecular complexity index is 1180. The first-order valence-electron chi connectivity index (χ1n) is 10.0. The molecule has 0 aliphatic carbocycles. The molecular formula is C23H22N4O4. The van der Waals surface area contributed by atoms with Crippen LogP contribution in [0.1, 0.15) is 6.23 Å². The first-order valence-corrected chi connectivity index (χ1v) is 10.0. The minimum absolute atomic E-state index is 0.394. The Labute approximate surface area is 178 Å². The molecule has 0 saturated carbocycles. The van der Waals surface area contributed by atoms with E-state index in [0.29, 0.717) is 11.5 Å². The Balaban J connectivity index is 1.69. The van der Waals surface area contributed by atoms with Gasteiger partial charge in [-0.1, -0.05) is 48.5 Å². The molecule has 4 aromatic rings. The maximum absolute atomic E-state index is 10.6. The van der Waals surface area contributed by atoms with E-state index in [-0.39, 0.29) is 0 Å². The third-order valence-corrected chi connectivity index (χ3v) is 5.52. The molecule has 5 rings (SSSR count). The molecule has 0 bridgehead atoms. The minimum atomic E-state index is -1.21. The molecule has 8 nitrogen and oxygen atoms in total.